The van der Waals surface area contributed by atoms with E-state index in [2.05, 4.69) is 6.92 Å². The van der Waals surface area contributed by atoms with E-state index in [-0.39, 0.29) is 6.29 Å². The van der Waals surface area contributed by atoms with Crippen LogP contribution in [0.5, 0.6) is 0 Å². The summed E-state index contributed by atoms with van der Waals surface area (Å²) in [7, 11) is 0. The first-order valence-corrected chi connectivity index (χ1v) is 8.89. The predicted octanol–water partition coefficient (Wildman–Crippen LogP) is 5.53. The van der Waals surface area contributed by atoms with E-state index >= 15 is 0 Å². The zero-order chi connectivity index (χ0) is 15.8. The van der Waals surface area contributed by atoms with E-state index in [1.165, 1.54) is 38.5 Å². The molecule has 1 aliphatic heterocycles. The van der Waals surface area contributed by atoms with Gasteiger partial charge in [0.15, 0.2) is 6.29 Å². The fraction of sp³-hybridized carbons (Fsp3) is 0.889. The first kappa shape index (κ1) is 17.9. The van der Waals surface area contributed by atoms with Crippen molar-refractivity contribution in [2.24, 2.45) is 17.8 Å². The molecular weight excluding hydrogens is 286 g/mol. The maximum absolute atomic E-state index is 11.9. The average molecular weight is 316 g/mol. The van der Waals surface area contributed by atoms with Gasteiger partial charge in [-0.3, -0.25) is 0 Å². The number of unbranched alkanes of at least 4 members (excludes halogenated alkanes) is 3. The lowest BCUT2D eigenvalue weighted by Crippen LogP contribution is -2.37. The SMILES string of the molecule is CC1COC(C2CCC(CCCCCC=C(F)F)CC2)OC1. The molecule has 0 N–H and O–H groups in total. The number of hydrogen-bond acceptors (Lipinski definition) is 2. The number of rotatable bonds is 7. The molecule has 0 aromatic heterocycles. The third-order valence-corrected chi connectivity index (χ3v) is 4.98. The summed E-state index contributed by atoms with van der Waals surface area (Å²) < 4.78 is 35.4. The van der Waals surface area contributed by atoms with Crippen LogP contribution in [0.4, 0.5) is 8.78 Å². The van der Waals surface area contributed by atoms with Gasteiger partial charge in [-0.1, -0.05) is 26.2 Å². The van der Waals surface area contributed by atoms with Gasteiger partial charge < -0.3 is 9.47 Å². The van der Waals surface area contributed by atoms with Crippen LogP contribution in [0, 0.1) is 17.8 Å². The molecule has 128 valence electrons. The molecule has 1 aliphatic carbocycles. The maximum atomic E-state index is 11.9. The Labute approximate surface area is 133 Å². The van der Waals surface area contributed by atoms with Crippen LogP contribution < -0.4 is 0 Å². The van der Waals surface area contributed by atoms with Crippen molar-refractivity contribution in [2.75, 3.05) is 13.2 Å². The van der Waals surface area contributed by atoms with Crippen molar-refractivity contribution < 1.29 is 18.3 Å². The third kappa shape index (κ3) is 6.33. The normalized spacial score (nSPS) is 32.7. The Bertz CT molecular complexity index is 326. The van der Waals surface area contributed by atoms with Gasteiger partial charge in [0.05, 0.1) is 13.2 Å². The van der Waals surface area contributed by atoms with Crippen LogP contribution in [0.1, 0.15) is 64.7 Å². The molecule has 0 amide bonds. The monoisotopic (exact) mass is 316 g/mol. The van der Waals surface area contributed by atoms with Crippen molar-refractivity contribution in [1.29, 1.82) is 0 Å². The lowest BCUT2D eigenvalue weighted by atomic mass is 9.79. The molecule has 2 fully saturated rings. The Balaban J connectivity index is 1.53. The second-order valence-corrected chi connectivity index (χ2v) is 7.05. The number of halogens is 2. The van der Waals surface area contributed by atoms with Crippen molar-refractivity contribution in [3.63, 3.8) is 0 Å². The van der Waals surface area contributed by atoms with Crippen LogP contribution >= 0.6 is 0 Å². The zero-order valence-corrected chi connectivity index (χ0v) is 13.7. The van der Waals surface area contributed by atoms with Crippen molar-refractivity contribution in [2.45, 2.75) is 71.0 Å². The molecule has 0 spiro atoms. The minimum atomic E-state index is -1.54. The van der Waals surface area contributed by atoms with Crippen LogP contribution in [0.25, 0.3) is 0 Å². The summed E-state index contributed by atoms with van der Waals surface area (Å²) >= 11 is 0. The smallest absolute Gasteiger partial charge is 0.266 e. The molecule has 0 bridgehead atoms. The average Bonchev–Trinajstić information content (AvgIpc) is 2.52. The topological polar surface area (TPSA) is 18.5 Å². The molecule has 4 heteroatoms. The summed E-state index contributed by atoms with van der Waals surface area (Å²) in [6.07, 6.45) is 9.36. The van der Waals surface area contributed by atoms with E-state index in [1.807, 2.05) is 0 Å². The lowest BCUT2D eigenvalue weighted by Gasteiger charge is -2.37. The number of allylic oxidation sites excluding steroid dienone is 1. The van der Waals surface area contributed by atoms with E-state index in [9.17, 15) is 8.78 Å². The summed E-state index contributed by atoms with van der Waals surface area (Å²) in [6.45, 7) is 3.82. The Morgan fingerprint density at radius 2 is 1.68 bits per heavy atom. The van der Waals surface area contributed by atoms with Crippen LogP contribution in [-0.2, 0) is 9.47 Å². The van der Waals surface area contributed by atoms with Crippen LogP contribution in [-0.4, -0.2) is 19.5 Å². The Morgan fingerprint density at radius 3 is 2.32 bits per heavy atom. The lowest BCUT2D eigenvalue weighted by molar-refractivity contribution is -0.226. The summed E-state index contributed by atoms with van der Waals surface area (Å²) in [5.41, 5.74) is 0. The molecule has 22 heavy (non-hydrogen) atoms. The molecule has 2 nitrogen and oxygen atoms in total. The van der Waals surface area contributed by atoms with Crippen LogP contribution in [0.3, 0.4) is 0 Å². The van der Waals surface area contributed by atoms with E-state index < -0.39 is 6.08 Å². The van der Waals surface area contributed by atoms with Crippen LogP contribution in [0.2, 0.25) is 0 Å². The molecule has 0 unspecified atom stereocenters. The molecule has 2 aliphatic rings. The molecule has 0 radical (unpaired) electrons. The highest BCUT2D eigenvalue weighted by molar-refractivity contribution is 4.80. The van der Waals surface area contributed by atoms with Gasteiger partial charge in [0, 0.05) is 11.8 Å². The molecule has 1 heterocycles. The fourth-order valence-corrected chi connectivity index (χ4v) is 3.60. The Hall–Kier alpha value is -0.480. The van der Waals surface area contributed by atoms with E-state index in [4.69, 9.17) is 9.47 Å². The van der Waals surface area contributed by atoms with Crippen molar-refractivity contribution >= 4 is 0 Å². The molecule has 0 atom stereocenters. The summed E-state index contributed by atoms with van der Waals surface area (Å²) in [5.74, 6) is 1.90. The van der Waals surface area contributed by atoms with Gasteiger partial charge in [-0.05, 0) is 50.5 Å². The van der Waals surface area contributed by atoms with Gasteiger partial charge in [0.25, 0.3) is 6.08 Å². The van der Waals surface area contributed by atoms with Crippen LogP contribution in [0.15, 0.2) is 12.2 Å². The van der Waals surface area contributed by atoms with Gasteiger partial charge in [-0.15, -0.1) is 0 Å². The van der Waals surface area contributed by atoms with E-state index in [1.54, 1.807) is 0 Å². The second kappa shape index (κ2) is 9.61. The first-order chi connectivity index (χ1) is 10.6. The van der Waals surface area contributed by atoms with Crippen molar-refractivity contribution in [3.05, 3.63) is 12.2 Å². The van der Waals surface area contributed by atoms with Gasteiger partial charge in [0.2, 0.25) is 0 Å². The van der Waals surface area contributed by atoms with Gasteiger partial charge in [-0.2, -0.15) is 8.78 Å². The summed E-state index contributed by atoms with van der Waals surface area (Å²) in [4.78, 5) is 0. The standard InChI is InChI=1S/C18H30F2O2/c1-14-12-21-18(22-13-14)16-10-8-15(9-11-16)6-4-2-3-5-7-17(19)20/h7,14-16,18H,2-6,8-13H2,1H3. The Morgan fingerprint density at radius 1 is 1.00 bits per heavy atom. The van der Waals surface area contributed by atoms with E-state index in [0.717, 1.165) is 38.0 Å². The Kier molecular flexibility index (Phi) is 7.81. The predicted molar refractivity (Wildman–Crippen MR) is 83.7 cm³/mol. The van der Waals surface area contributed by atoms with Crippen molar-refractivity contribution in [3.8, 4) is 0 Å². The largest absolute Gasteiger partial charge is 0.352 e. The molecule has 0 aromatic carbocycles. The fourth-order valence-electron chi connectivity index (χ4n) is 3.60. The maximum Gasteiger partial charge on any atom is 0.266 e. The third-order valence-electron chi connectivity index (χ3n) is 4.98. The highest BCUT2D eigenvalue weighted by Crippen LogP contribution is 2.36. The minimum Gasteiger partial charge on any atom is -0.352 e. The highest BCUT2D eigenvalue weighted by atomic mass is 19.3. The van der Waals surface area contributed by atoms with Gasteiger partial charge in [0.1, 0.15) is 0 Å². The first-order valence-electron chi connectivity index (χ1n) is 8.89. The molecule has 0 aromatic rings. The minimum absolute atomic E-state index is 0.0273. The highest BCUT2D eigenvalue weighted by Gasteiger charge is 2.31. The quantitative estimate of drug-likeness (QED) is 0.575. The number of hydrogen-bond donors (Lipinski definition) is 0. The summed E-state index contributed by atoms with van der Waals surface area (Å²) in [6, 6.07) is 0. The summed E-state index contributed by atoms with van der Waals surface area (Å²) in [5, 5.41) is 0. The second-order valence-electron chi connectivity index (χ2n) is 7.05. The van der Waals surface area contributed by atoms with Crippen molar-refractivity contribution in [1.82, 2.24) is 0 Å². The molecule has 2 rings (SSSR count). The molecule has 1 saturated carbocycles. The number of ether oxygens (including phenoxy) is 2. The van der Waals surface area contributed by atoms with E-state index in [0.29, 0.717) is 18.3 Å². The zero-order valence-electron chi connectivity index (χ0n) is 13.7. The van der Waals surface area contributed by atoms with Gasteiger partial charge in [-0.25, -0.2) is 0 Å². The molecule has 1 saturated heterocycles. The molecular formula is C18H30F2O2. The van der Waals surface area contributed by atoms with Gasteiger partial charge >= 0.3 is 0 Å².